The van der Waals surface area contributed by atoms with Crippen molar-refractivity contribution in [2.75, 3.05) is 17.2 Å². The average molecular weight is 884 g/mol. The number of rotatable bonds is 12. The highest BCUT2D eigenvalue weighted by Crippen LogP contribution is 2.51. The number of para-hydroxylation sites is 2. The summed E-state index contributed by atoms with van der Waals surface area (Å²) in [4.78, 5) is 28.2. The van der Waals surface area contributed by atoms with Crippen LogP contribution in [0, 0.1) is 5.82 Å². The van der Waals surface area contributed by atoms with Gasteiger partial charge in [0.25, 0.3) is 0 Å². The maximum atomic E-state index is 17.0. The van der Waals surface area contributed by atoms with Gasteiger partial charge in [-0.25, -0.2) is 4.39 Å². The molecule has 0 heterocycles. The van der Waals surface area contributed by atoms with Crippen LogP contribution in [0.25, 0.3) is 0 Å². The zero-order chi connectivity index (χ0) is 33.1. The van der Waals surface area contributed by atoms with Crippen molar-refractivity contribution in [1.82, 2.24) is 0 Å². The molecule has 4 aromatic carbocycles. The quantitative estimate of drug-likeness (QED) is 0.0730. The van der Waals surface area contributed by atoms with Gasteiger partial charge in [-0.2, -0.15) is 0 Å². The van der Waals surface area contributed by atoms with E-state index in [4.69, 9.17) is 4.74 Å². The fraction of sp³-hybridized carbons (Fsp3) is 0.235. The van der Waals surface area contributed by atoms with Crippen LogP contribution in [0.4, 0.5) is 27.1 Å². The third-order valence-corrected chi connectivity index (χ3v) is 10.3. The van der Waals surface area contributed by atoms with Crippen molar-refractivity contribution in [2.45, 2.75) is 45.4 Å². The molecule has 0 saturated heterocycles. The highest BCUT2D eigenvalue weighted by Gasteiger charge is 2.42. The Bertz CT molecular complexity index is 1810. The number of ether oxygens (including phenoxy) is 1. The van der Waals surface area contributed by atoms with Crippen LogP contribution < -0.4 is 15.4 Å². The molecule has 7 nitrogen and oxygen atoms in total. The van der Waals surface area contributed by atoms with E-state index in [1.807, 2.05) is 6.07 Å². The van der Waals surface area contributed by atoms with Gasteiger partial charge in [0.2, 0.25) is 11.6 Å². The van der Waals surface area contributed by atoms with Gasteiger partial charge in [0.15, 0.2) is 11.6 Å². The number of aromatic hydroxyl groups is 2. The minimum absolute atomic E-state index is 0.0572. The summed E-state index contributed by atoms with van der Waals surface area (Å²) in [5, 5.41) is 27.7. The zero-order valence-corrected chi connectivity index (χ0v) is 30.9. The molecule has 0 aromatic heterocycles. The van der Waals surface area contributed by atoms with Gasteiger partial charge in [-0.05, 0) is 107 Å². The van der Waals surface area contributed by atoms with E-state index in [1.165, 1.54) is 0 Å². The first-order chi connectivity index (χ1) is 22.1. The molecule has 0 fully saturated rings. The van der Waals surface area contributed by atoms with Gasteiger partial charge in [0.05, 0.1) is 40.2 Å². The summed E-state index contributed by atoms with van der Waals surface area (Å²) in [5.41, 5.74) is -0.950. The van der Waals surface area contributed by atoms with Gasteiger partial charge in [0.1, 0.15) is 22.9 Å². The van der Waals surface area contributed by atoms with Crippen LogP contribution >= 0.6 is 63.7 Å². The molecule has 46 heavy (non-hydrogen) atoms. The van der Waals surface area contributed by atoms with Crippen molar-refractivity contribution < 1.29 is 28.9 Å². The number of phenols is 2. The minimum atomic E-state index is -1.04. The molecule has 12 heteroatoms. The molecular weight excluding hydrogens is 855 g/mol. The predicted octanol–water partition coefficient (Wildman–Crippen LogP) is 11.3. The van der Waals surface area contributed by atoms with Gasteiger partial charge >= 0.3 is 0 Å². The number of benzene rings is 4. The molecule has 5 rings (SSSR count). The van der Waals surface area contributed by atoms with Crippen LogP contribution in [0.3, 0.4) is 0 Å². The standard InChI is InChI=1S/C34H29Br4FN2O5/c1-2-3-4-5-6-7-16-46-34-26-25(32(44)23-21(42)14-15-22(43)24(23)33(26)45)27(39)30(40-28-17(35)10-8-11-18(28)36)31(34)41-29-19(37)12-9-13-20(29)38/h8-15,40-43H,2-7,16H2,1H3. The molecule has 0 radical (unpaired) electrons. The molecule has 0 amide bonds. The maximum absolute atomic E-state index is 17.0. The second-order valence-electron chi connectivity index (χ2n) is 10.7. The van der Waals surface area contributed by atoms with Gasteiger partial charge in [-0.15, -0.1) is 0 Å². The number of fused-ring (bicyclic) bond motifs is 2. The molecule has 0 unspecified atom stereocenters. The first kappa shape index (κ1) is 34.4. The topological polar surface area (TPSA) is 108 Å². The summed E-state index contributed by atoms with van der Waals surface area (Å²) in [7, 11) is 0. The Hall–Kier alpha value is -2.93. The Morgan fingerprint density at radius 3 is 1.61 bits per heavy atom. The molecular formula is C34H29Br4FN2O5. The fourth-order valence-corrected chi connectivity index (χ4v) is 7.73. The van der Waals surface area contributed by atoms with E-state index in [0.717, 1.165) is 44.2 Å². The van der Waals surface area contributed by atoms with Crippen LogP contribution in [-0.4, -0.2) is 28.4 Å². The number of halogens is 5. The largest absolute Gasteiger partial charge is 0.507 e. The average Bonchev–Trinajstić information content (AvgIpc) is 3.01. The van der Waals surface area contributed by atoms with Crippen molar-refractivity contribution in [2.24, 2.45) is 0 Å². The van der Waals surface area contributed by atoms with Gasteiger partial charge < -0.3 is 25.6 Å². The molecule has 240 valence electrons. The number of hydrogen-bond acceptors (Lipinski definition) is 7. The number of carbonyl (C=O) groups is 2. The summed E-state index contributed by atoms with van der Waals surface area (Å²) in [6.45, 7) is 2.32. The molecule has 0 saturated carbocycles. The first-order valence-corrected chi connectivity index (χ1v) is 17.8. The Morgan fingerprint density at radius 2 is 1.09 bits per heavy atom. The summed E-state index contributed by atoms with van der Waals surface area (Å²) in [6, 6.07) is 12.9. The van der Waals surface area contributed by atoms with Gasteiger partial charge in [0, 0.05) is 17.9 Å². The van der Waals surface area contributed by atoms with Crippen LogP contribution in [0.1, 0.15) is 77.3 Å². The van der Waals surface area contributed by atoms with Crippen molar-refractivity contribution in [1.29, 1.82) is 0 Å². The summed E-state index contributed by atoms with van der Waals surface area (Å²) in [5.74, 6) is -3.97. The molecule has 0 spiro atoms. The smallest absolute Gasteiger partial charge is 0.202 e. The highest BCUT2D eigenvalue weighted by molar-refractivity contribution is 9.11. The Morgan fingerprint density at radius 1 is 0.630 bits per heavy atom. The molecule has 0 bridgehead atoms. The van der Waals surface area contributed by atoms with Crippen LogP contribution in [-0.2, 0) is 0 Å². The van der Waals surface area contributed by atoms with Crippen LogP contribution in [0.15, 0.2) is 66.4 Å². The number of ketones is 2. The lowest BCUT2D eigenvalue weighted by Gasteiger charge is -2.28. The summed E-state index contributed by atoms with van der Waals surface area (Å²) in [6.07, 6.45) is 5.87. The normalized spacial score (nSPS) is 12.1. The summed E-state index contributed by atoms with van der Waals surface area (Å²) < 4.78 is 25.8. The maximum Gasteiger partial charge on any atom is 0.202 e. The second kappa shape index (κ2) is 14.9. The Kier molecular flexibility index (Phi) is 11.1. The van der Waals surface area contributed by atoms with E-state index in [1.54, 1.807) is 30.3 Å². The minimum Gasteiger partial charge on any atom is -0.507 e. The summed E-state index contributed by atoms with van der Waals surface area (Å²) >= 11 is 14.1. The molecule has 0 aliphatic heterocycles. The lowest BCUT2D eigenvalue weighted by atomic mass is 9.81. The number of carbonyl (C=O) groups excluding carboxylic acids is 2. The van der Waals surface area contributed by atoms with E-state index in [0.29, 0.717) is 35.7 Å². The van der Waals surface area contributed by atoms with E-state index in [2.05, 4.69) is 81.3 Å². The van der Waals surface area contributed by atoms with E-state index in [9.17, 15) is 19.8 Å². The van der Waals surface area contributed by atoms with E-state index < -0.39 is 45.6 Å². The lowest BCUT2D eigenvalue weighted by molar-refractivity contribution is 0.0967. The molecule has 4 aromatic rings. The number of phenolic OH excluding ortho intramolecular Hbond substituents is 2. The van der Waals surface area contributed by atoms with Crippen LogP contribution in [0.5, 0.6) is 17.2 Å². The molecule has 0 atom stereocenters. The van der Waals surface area contributed by atoms with Crippen molar-refractivity contribution in [3.05, 3.63) is 94.5 Å². The second-order valence-corrected chi connectivity index (χ2v) is 14.1. The molecule has 4 N–H and O–H groups in total. The van der Waals surface area contributed by atoms with Crippen LogP contribution in [0.2, 0.25) is 0 Å². The SMILES string of the molecule is CCCCCCCCOc1c(Nc2c(Br)cccc2Br)c(Nc2c(Br)cccc2Br)c(F)c2c1C(=O)c1c(O)ccc(O)c1C2=O. The van der Waals surface area contributed by atoms with Crippen molar-refractivity contribution in [3.8, 4) is 17.2 Å². The lowest BCUT2D eigenvalue weighted by Crippen LogP contribution is -2.25. The number of nitrogens with one attached hydrogen (secondary N) is 2. The number of unbranched alkanes of at least 4 members (excludes halogenated alkanes) is 5. The first-order valence-electron chi connectivity index (χ1n) is 14.6. The third-order valence-electron chi connectivity index (χ3n) is 7.63. The zero-order valence-electron chi connectivity index (χ0n) is 24.6. The van der Waals surface area contributed by atoms with E-state index >= 15 is 4.39 Å². The van der Waals surface area contributed by atoms with Crippen molar-refractivity contribution >= 4 is 98.0 Å². The van der Waals surface area contributed by atoms with Gasteiger partial charge in [-0.1, -0.05) is 51.2 Å². The molecule has 1 aliphatic rings. The third kappa shape index (κ3) is 6.72. The van der Waals surface area contributed by atoms with Gasteiger partial charge in [-0.3, -0.25) is 9.59 Å². The Balaban J connectivity index is 1.77. The monoisotopic (exact) mass is 880 g/mol. The Labute approximate surface area is 299 Å². The van der Waals surface area contributed by atoms with Crippen molar-refractivity contribution in [3.63, 3.8) is 0 Å². The van der Waals surface area contributed by atoms with E-state index in [-0.39, 0.29) is 29.3 Å². The highest BCUT2D eigenvalue weighted by atomic mass is 79.9. The number of anilines is 4. The number of hydrogen-bond donors (Lipinski definition) is 4. The predicted molar refractivity (Wildman–Crippen MR) is 192 cm³/mol. The fourth-order valence-electron chi connectivity index (χ4n) is 5.34. The molecule has 1 aliphatic carbocycles.